The van der Waals surface area contributed by atoms with E-state index in [2.05, 4.69) is 5.32 Å². The molecule has 1 aliphatic rings. The average Bonchev–Trinajstić information content (AvgIpc) is 3.15. The highest BCUT2D eigenvalue weighted by Gasteiger charge is 2.16. The zero-order chi connectivity index (χ0) is 19.2. The van der Waals surface area contributed by atoms with Crippen molar-refractivity contribution >= 4 is 17.7 Å². The minimum atomic E-state index is -0.524. The van der Waals surface area contributed by atoms with E-state index in [1.54, 1.807) is 36.4 Å². The number of nitrogens with one attached hydrogen (secondary N) is 1. The van der Waals surface area contributed by atoms with Gasteiger partial charge in [0.15, 0.2) is 23.0 Å². The molecule has 0 fully saturated rings. The monoisotopic (exact) mass is 366 g/mol. The number of hydrogen-bond donors (Lipinski definition) is 1. The Labute approximate surface area is 156 Å². The average molecular weight is 366 g/mol. The lowest BCUT2D eigenvalue weighted by Gasteiger charge is -2.10. The smallest absolute Gasteiger partial charge is 0.266 e. The number of rotatable bonds is 6. The summed E-state index contributed by atoms with van der Waals surface area (Å²) in [5.41, 5.74) is 1.11. The maximum atomic E-state index is 12.4. The summed E-state index contributed by atoms with van der Waals surface area (Å²) in [6.45, 7) is 2.53. The molecule has 27 heavy (non-hydrogen) atoms. The molecular formula is C20H18N2O5. The number of nitriles is 1. The molecule has 2 aromatic rings. The van der Waals surface area contributed by atoms with Crippen LogP contribution in [0.5, 0.6) is 23.0 Å². The van der Waals surface area contributed by atoms with Gasteiger partial charge in [0.05, 0.1) is 13.7 Å². The Bertz CT molecular complexity index is 930. The quantitative estimate of drug-likeness (QED) is 0.623. The number of benzene rings is 2. The molecule has 7 heteroatoms. The summed E-state index contributed by atoms with van der Waals surface area (Å²) in [5.74, 6) is 1.76. The molecule has 0 unspecified atom stereocenters. The van der Waals surface area contributed by atoms with E-state index < -0.39 is 5.91 Å². The second-order valence-electron chi connectivity index (χ2n) is 5.54. The molecule has 0 atom stereocenters. The van der Waals surface area contributed by atoms with Gasteiger partial charge in [-0.2, -0.15) is 5.26 Å². The van der Waals surface area contributed by atoms with Gasteiger partial charge >= 0.3 is 0 Å². The first kappa shape index (κ1) is 18.1. The Morgan fingerprint density at radius 3 is 2.78 bits per heavy atom. The van der Waals surface area contributed by atoms with E-state index in [4.69, 9.17) is 18.9 Å². The molecule has 0 bridgehead atoms. The van der Waals surface area contributed by atoms with Crippen LogP contribution in [-0.2, 0) is 4.79 Å². The molecular weight excluding hydrogens is 348 g/mol. The van der Waals surface area contributed by atoms with Gasteiger partial charge in [-0.15, -0.1) is 0 Å². The molecule has 0 spiro atoms. The van der Waals surface area contributed by atoms with Crippen LogP contribution in [0.15, 0.2) is 42.0 Å². The molecule has 0 radical (unpaired) electrons. The predicted molar refractivity (Wildman–Crippen MR) is 98.9 cm³/mol. The van der Waals surface area contributed by atoms with Gasteiger partial charge in [-0.1, -0.05) is 6.07 Å². The molecule has 0 aliphatic carbocycles. The van der Waals surface area contributed by atoms with E-state index in [0.717, 1.165) is 0 Å². The number of carbonyl (C=O) groups excluding carboxylic acids is 1. The molecule has 0 saturated carbocycles. The van der Waals surface area contributed by atoms with Gasteiger partial charge in [0.2, 0.25) is 6.79 Å². The van der Waals surface area contributed by atoms with Crippen LogP contribution in [0, 0.1) is 11.3 Å². The van der Waals surface area contributed by atoms with Crippen molar-refractivity contribution in [1.82, 2.24) is 0 Å². The molecule has 138 valence electrons. The molecule has 1 amide bonds. The first-order chi connectivity index (χ1) is 13.1. The Balaban J connectivity index is 1.79. The first-order valence-corrected chi connectivity index (χ1v) is 8.28. The fraction of sp³-hybridized carbons (Fsp3) is 0.200. The summed E-state index contributed by atoms with van der Waals surface area (Å²) in [6.07, 6.45) is 1.49. The number of hydrogen-bond acceptors (Lipinski definition) is 6. The number of carbonyl (C=O) groups is 1. The number of nitrogens with zero attached hydrogens (tertiary/aromatic N) is 1. The largest absolute Gasteiger partial charge is 0.493 e. The number of fused-ring (bicyclic) bond motifs is 1. The van der Waals surface area contributed by atoms with E-state index in [9.17, 15) is 10.1 Å². The fourth-order valence-electron chi connectivity index (χ4n) is 2.54. The summed E-state index contributed by atoms with van der Waals surface area (Å²) in [7, 11) is 1.53. The highest BCUT2D eigenvalue weighted by molar-refractivity contribution is 6.09. The highest BCUT2D eigenvalue weighted by Crippen LogP contribution is 2.34. The lowest BCUT2D eigenvalue weighted by Crippen LogP contribution is -2.13. The maximum absolute atomic E-state index is 12.4. The number of ether oxygens (including phenoxy) is 4. The highest BCUT2D eigenvalue weighted by atomic mass is 16.7. The van der Waals surface area contributed by atoms with Crippen molar-refractivity contribution in [1.29, 1.82) is 5.26 Å². The van der Waals surface area contributed by atoms with E-state index in [0.29, 0.717) is 40.9 Å². The van der Waals surface area contributed by atoms with Crippen LogP contribution in [0.1, 0.15) is 12.5 Å². The number of methoxy groups -OCH3 is 1. The second kappa shape index (κ2) is 8.15. The number of anilines is 1. The zero-order valence-corrected chi connectivity index (χ0v) is 14.9. The van der Waals surface area contributed by atoms with Gasteiger partial charge in [-0.25, -0.2) is 0 Å². The third kappa shape index (κ3) is 4.12. The van der Waals surface area contributed by atoms with Gasteiger partial charge in [0.1, 0.15) is 11.6 Å². The van der Waals surface area contributed by atoms with Crippen molar-refractivity contribution in [3.8, 4) is 29.1 Å². The van der Waals surface area contributed by atoms with Crippen LogP contribution in [0.2, 0.25) is 0 Å². The fourth-order valence-corrected chi connectivity index (χ4v) is 2.54. The van der Waals surface area contributed by atoms with Crippen LogP contribution < -0.4 is 24.3 Å². The maximum Gasteiger partial charge on any atom is 0.266 e. The van der Waals surface area contributed by atoms with E-state index >= 15 is 0 Å². The molecule has 3 rings (SSSR count). The van der Waals surface area contributed by atoms with E-state index in [1.807, 2.05) is 13.0 Å². The minimum absolute atomic E-state index is 0.0427. The molecule has 1 N–H and O–H groups in total. The topological polar surface area (TPSA) is 89.8 Å². The van der Waals surface area contributed by atoms with E-state index in [1.165, 1.54) is 13.2 Å². The van der Waals surface area contributed by atoms with Crippen LogP contribution in [-0.4, -0.2) is 26.4 Å². The van der Waals surface area contributed by atoms with Gasteiger partial charge in [-0.3, -0.25) is 4.79 Å². The lowest BCUT2D eigenvalue weighted by molar-refractivity contribution is -0.112. The molecule has 1 aliphatic heterocycles. The minimum Gasteiger partial charge on any atom is -0.493 e. The van der Waals surface area contributed by atoms with Crippen molar-refractivity contribution in [2.24, 2.45) is 0 Å². The lowest BCUT2D eigenvalue weighted by atomic mass is 10.1. The Morgan fingerprint density at radius 1 is 1.22 bits per heavy atom. The summed E-state index contributed by atoms with van der Waals surface area (Å²) >= 11 is 0. The predicted octanol–water partition coefficient (Wildman–Crippen LogP) is 3.37. The van der Waals surface area contributed by atoms with Crippen molar-refractivity contribution in [3.63, 3.8) is 0 Å². The van der Waals surface area contributed by atoms with Crippen molar-refractivity contribution in [2.75, 3.05) is 25.8 Å². The number of amides is 1. The summed E-state index contributed by atoms with van der Waals surface area (Å²) in [6, 6.07) is 12.1. The van der Waals surface area contributed by atoms with Crippen molar-refractivity contribution in [2.45, 2.75) is 6.92 Å². The SMILES string of the molecule is CCOc1ccc(/C=C(\C#N)C(=O)Nc2ccc3c(c2)OCO3)cc1OC. The van der Waals surface area contributed by atoms with E-state index in [-0.39, 0.29) is 12.4 Å². The van der Waals surface area contributed by atoms with Gasteiger partial charge in [0, 0.05) is 11.8 Å². The van der Waals surface area contributed by atoms with Crippen molar-refractivity contribution < 1.29 is 23.7 Å². The van der Waals surface area contributed by atoms with Crippen LogP contribution in [0.25, 0.3) is 6.08 Å². The molecule has 7 nitrogen and oxygen atoms in total. The van der Waals surface area contributed by atoms with Crippen molar-refractivity contribution in [3.05, 3.63) is 47.5 Å². The normalized spacial score (nSPS) is 12.3. The summed E-state index contributed by atoms with van der Waals surface area (Å²) < 4.78 is 21.3. The standard InChI is InChI=1S/C20H18N2O5/c1-3-25-16-6-4-13(9-18(16)24-2)8-14(11-21)20(23)22-15-5-7-17-19(10-15)27-12-26-17/h4-10H,3,12H2,1-2H3,(H,22,23)/b14-8+. The van der Waals surface area contributed by atoms with Gasteiger partial charge in [-0.05, 0) is 42.8 Å². The third-order valence-corrected chi connectivity index (χ3v) is 3.79. The molecule has 1 heterocycles. The van der Waals surface area contributed by atoms with Crippen LogP contribution >= 0.6 is 0 Å². The van der Waals surface area contributed by atoms with Gasteiger partial charge < -0.3 is 24.3 Å². The van der Waals surface area contributed by atoms with Crippen LogP contribution in [0.3, 0.4) is 0 Å². The first-order valence-electron chi connectivity index (χ1n) is 8.28. The third-order valence-electron chi connectivity index (χ3n) is 3.79. The summed E-state index contributed by atoms with van der Waals surface area (Å²) in [4.78, 5) is 12.4. The van der Waals surface area contributed by atoms with Gasteiger partial charge in [0.25, 0.3) is 5.91 Å². The second-order valence-corrected chi connectivity index (χ2v) is 5.54. The zero-order valence-electron chi connectivity index (χ0n) is 14.9. The van der Waals surface area contributed by atoms with Crippen LogP contribution in [0.4, 0.5) is 5.69 Å². The molecule has 0 aromatic heterocycles. The molecule has 0 saturated heterocycles. The Morgan fingerprint density at radius 2 is 2.04 bits per heavy atom. The summed E-state index contributed by atoms with van der Waals surface area (Å²) in [5, 5.41) is 12.1. The Kier molecular flexibility index (Phi) is 5.47. The Hall–Kier alpha value is -3.66. The molecule has 2 aromatic carbocycles.